The van der Waals surface area contributed by atoms with Gasteiger partial charge in [0.25, 0.3) is 0 Å². The highest BCUT2D eigenvalue weighted by Crippen LogP contribution is 2.31. The van der Waals surface area contributed by atoms with Crippen molar-refractivity contribution in [1.82, 2.24) is 5.32 Å². The number of nitrogens with one attached hydrogen (secondary N) is 1. The molecule has 0 aromatic rings. The maximum Gasteiger partial charge on any atom is 0.308 e. The molecule has 0 spiro atoms. The summed E-state index contributed by atoms with van der Waals surface area (Å²) in [6.45, 7) is 0. The SMILES string of the molecule is NC1(C(=O)NC2CCCCC2C(=O)O)CCC1. The van der Waals surface area contributed by atoms with Crippen molar-refractivity contribution in [3.8, 4) is 0 Å². The number of aliphatic carboxylic acids is 1. The van der Waals surface area contributed by atoms with Gasteiger partial charge in [0.2, 0.25) is 5.91 Å². The molecule has 0 radical (unpaired) electrons. The Hall–Kier alpha value is -1.10. The van der Waals surface area contributed by atoms with Gasteiger partial charge in [-0.2, -0.15) is 0 Å². The van der Waals surface area contributed by atoms with E-state index in [0.717, 1.165) is 25.7 Å². The highest BCUT2D eigenvalue weighted by molar-refractivity contribution is 5.87. The Morgan fingerprint density at radius 3 is 2.35 bits per heavy atom. The van der Waals surface area contributed by atoms with Crippen LogP contribution in [0, 0.1) is 5.92 Å². The Balaban J connectivity index is 1.96. The van der Waals surface area contributed by atoms with E-state index in [1.54, 1.807) is 0 Å². The van der Waals surface area contributed by atoms with Gasteiger partial charge in [-0.3, -0.25) is 9.59 Å². The van der Waals surface area contributed by atoms with Gasteiger partial charge < -0.3 is 16.2 Å². The number of hydrogen-bond donors (Lipinski definition) is 3. The lowest BCUT2D eigenvalue weighted by Gasteiger charge is -2.39. The summed E-state index contributed by atoms with van der Waals surface area (Å²) >= 11 is 0. The third-order valence-corrected chi connectivity index (χ3v) is 4.10. The largest absolute Gasteiger partial charge is 0.481 e. The van der Waals surface area contributed by atoms with Gasteiger partial charge in [0, 0.05) is 6.04 Å². The predicted molar refractivity (Wildman–Crippen MR) is 62.3 cm³/mol. The van der Waals surface area contributed by atoms with Crippen LogP contribution in [0.1, 0.15) is 44.9 Å². The van der Waals surface area contributed by atoms with Gasteiger partial charge in [-0.05, 0) is 32.1 Å². The lowest BCUT2D eigenvalue weighted by atomic mass is 9.76. The fourth-order valence-electron chi connectivity index (χ4n) is 2.70. The van der Waals surface area contributed by atoms with E-state index in [1.807, 2.05) is 0 Å². The van der Waals surface area contributed by atoms with Crippen LogP contribution in [0.5, 0.6) is 0 Å². The van der Waals surface area contributed by atoms with Crippen molar-refractivity contribution in [1.29, 1.82) is 0 Å². The molecule has 0 bridgehead atoms. The van der Waals surface area contributed by atoms with Crippen LogP contribution >= 0.6 is 0 Å². The molecule has 2 atom stereocenters. The van der Waals surface area contributed by atoms with Crippen molar-refractivity contribution in [3.63, 3.8) is 0 Å². The zero-order valence-corrected chi connectivity index (χ0v) is 9.95. The summed E-state index contributed by atoms with van der Waals surface area (Å²) in [7, 11) is 0. The van der Waals surface area contributed by atoms with Crippen molar-refractivity contribution < 1.29 is 14.7 Å². The van der Waals surface area contributed by atoms with E-state index in [0.29, 0.717) is 19.3 Å². The second-order valence-corrected chi connectivity index (χ2v) is 5.32. The molecule has 2 rings (SSSR count). The molecule has 0 aromatic carbocycles. The summed E-state index contributed by atoms with van der Waals surface area (Å²) in [5.74, 6) is -1.42. The Labute approximate surface area is 101 Å². The maximum atomic E-state index is 12.0. The van der Waals surface area contributed by atoms with Crippen molar-refractivity contribution in [2.24, 2.45) is 11.7 Å². The summed E-state index contributed by atoms with van der Waals surface area (Å²) in [4.78, 5) is 23.1. The van der Waals surface area contributed by atoms with Crippen LogP contribution in [0.2, 0.25) is 0 Å². The normalized spacial score (nSPS) is 31.4. The number of amides is 1. The molecular formula is C12H20N2O3. The van der Waals surface area contributed by atoms with Gasteiger partial charge in [0.1, 0.15) is 0 Å². The third kappa shape index (κ3) is 2.44. The van der Waals surface area contributed by atoms with Gasteiger partial charge in [-0.1, -0.05) is 12.8 Å². The smallest absolute Gasteiger partial charge is 0.308 e. The topological polar surface area (TPSA) is 92.4 Å². The molecule has 17 heavy (non-hydrogen) atoms. The molecule has 0 saturated heterocycles. The van der Waals surface area contributed by atoms with E-state index in [9.17, 15) is 9.59 Å². The van der Waals surface area contributed by atoms with Gasteiger partial charge in [-0.25, -0.2) is 0 Å². The van der Waals surface area contributed by atoms with E-state index in [4.69, 9.17) is 10.8 Å². The van der Waals surface area contributed by atoms with E-state index >= 15 is 0 Å². The lowest BCUT2D eigenvalue weighted by Crippen LogP contribution is -2.61. The first-order valence-electron chi connectivity index (χ1n) is 6.35. The fraction of sp³-hybridized carbons (Fsp3) is 0.833. The molecule has 5 heteroatoms. The molecule has 4 N–H and O–H groups in total. The highest BCUT2D eigenvalue weighted by atomic mass is 16.4. The molecule has 5 nitrogen and oxygen atoms in total. The first kappa shape index (κ1) is 12.4. The lowest BCUT2D eigenvalue weighted by molar-refractivity contribution is -0.144. The van der Waals surface area contributed by atoms with Crippen molar-refractivity contribution in [2.75, 3.05) is 0 Å². The molecule has 1 amide bonds. The van der Waals surface area contributed by atoms with E-state index in [2.05, 4.69) is 5.32 Å². The van der Waals surface area contributed by atoms with Crippen LogP contribution in [-0.2, 0) is 9.59 Å². The monoisotopic (exact) mass is 240 g/mol. The zero-order valence-electron chi connectivity index (χ0n) is 9.95. The summed E-state index contributed by atoms with van der Waals surface area (Å²) in [5.41, 5.74) is 5.19. The Bertz CT molecular complexity index is 326. The Kier molecular flexibility index (Phi) is 3.38. The number of hydrogen-bond acceptors (Lipinski definition) is 3. The van der Waals surface area contributed by atoms with Crippen molar-refractivity contribution >= 4 is 11.9 Å². The van der Waals surface area contributed by atoms with Crippen molar-refractivity contribution in [3.05, 3.63) is 0 Å². The van der Waals surface area contributed by atoms with Crippen LogP contribution < -0.4 is 11.1 Å². The van der Waals surface area contributed by atoms with Crippen LogP contribution in [-0.4, -0.2) is 28.6 Å². The summed E-state index contributed by atoms with van der Waals surface area (Å²) in [6, 6.07) is -0.241. The predicted octanol–water partition coefficient (Wildman–Crippen LogP) is 0.627. The quantitative estimate of drug-likeness (QED) is 0.674. The number of carboxylic acids is 1. The molecule has 2 aliphatic carbocycles. The second-order valence-electron chi connectivity index (χ2n) is 5.32. The third-order valence-electron chi connectivity index (χ3n) is 4.10. The minimum atomic E-state index is -0.810. The maximum absolute atomic E-state index is 12.0. The summed E-state index contributed by atoms with van der Waals surface area (Å²) in [6.07, 6.45) is 5.71. The van der Waals surface area contributed by atoms with Crippen LogP contribution in [0.15, 0.2) is 0 Å². The van der Waals surface area contributed by atoms with Gasteiger partial charge in [0.15, 0.2) is 0 Å². The molecular weight excluding hydrogens is 220 g/mol. The molecule has 0 aliphatic heterocycles. The second kappa shape index (κ2) is 4.64. The average molecular weight is 240 g/mol. The minimum Gasteiger partial charge on any atom is -0.481 e. The molecule has 2 saturated carbocycles. The number of carbonyl (C=O) groups is 2. The molecule has 2 aliphatic rings. The first-order valence-corrected chi connectivity index (χ1v) is 6.35. The summed E-state index contributed by atoms with van der Waals surface area (Å²) in [5, 5.41) is 12.0. The number of carboxylic acid groups (broad SMARTS) is 1. The number of carbonyl (C=O) groups excluding carboxylic acids is 1. The minimum absolute atomic E-state index is 0.165. The van der Waals surface area contributed by atoms with Crippen molar-refractivity contribution in [2.45, 2.75) is 56.5 Å². The van der Waals surface area contributed by atoms with Crippen LogP contribution in [0.3, 0.4) is 0 Å². The Morgan fingerprint density at radius 2 is 1.82 bits per heavy atom. The van der Waals surface area contributed by atoms with E-state index in [-0.39, 0.29) is 11.9 Å². The van der Waals surface area contributed by atoms with Crippen LogP contribution in [0.25, 0.3) is 0 Å². The summed E-state index contributed by atoms with van der Waals surface area (Å²) < 4.78 is 0. The van der Waals surface area contributed by atoms with Crippen LogP contribution in [0.4, 0.5) is 0 Å². The van der Waals surface area contributed by atoms with E-state index in [1.165, 1.54) is 0 Å². The van der Waals surface area contributed by atoms with E-state index < -0.39 is 17.4 Å². The highest BCUT2D eigenvalue weighted by Gasteiger charge is 2.42. The first-order chi connectivity index (χ1) is 8.03. The van der Waals surface area contributed by atoms with Gasteiger partial charge in [-0.15, -0.1) is 0 Å². The molecule has 2 fully saturated rings. The molecule has 0 heterocycles. The van der Waals surface area contributed by atoms with Gasteiger partial charge >= 0.3 is 5.97 Å². The standard InChI is InChI=1S/C12H20N2O3/c13-12(6-3-7-12)11(17)14-9-5-2-1-4-8(9)10(15)16/h8-9H,1-7,13H2,(H,14,17)(H,15,16). The number of rotatable bonds is 3. The Morgan fingerprint density at radius 1 is 1.18 bits per heavy atom. The fourth-order valence-corrected chi connectivity index (χ4v) is 2.70. The molecule has 2 unspecified atom stereocenters. The molecule has 0 aromatic heterocycles. The zero-order chi connectivity index (χ0) is 12.5. The number of nitrogens with two attached hydrogens (primary N) is 1. The molecule has 96 valence electrons. The average Bonchev–Trinajstić information content (AvgIpc) is 2.26. The van der Waals surface area contributed by atoms with Gasteiger partial charge in [0.05, 0.1) is 11.5 Å².